The Morgan fingerprint density at radius 1 is 1.33 bits per heavy atom. The predicted octanol–water partition coefficient (Wildman–Crippen LogP) is 2.16. The molecule has 3 N–H and O–H groups in total. The smallest absolute Gasteiger partial charge is 0.270 e. The van der Waals surface area contributed by atoms with Crippen LogP contribution < -0.4 is 5.32 Å². The van der Waals surface area contributed by atoms with Crippen LogP contribution in [0.4, 0.5) is 0 Å². The van der Waals surface area contributed by atoms with Crippen molar-refractivity contribution in [2.45, 2.75) is 39.3 Å². The zero-order valence-corrected chi connectivity index (χ0v) is 15.5. The number of nitrogens with zero attached hydrogens (tertiary/aromatic N) is 2. The number of fused-ring (bicyclic) bond motifs is 2. The number of carbonyl (C=O) groups is 2. The lowest BCUT2D eigenvalue weighted by atomic mass is 10.0. The van der Waals surface area contributed by atoms with Crippen molar-refractivity contribution in [3.63, 3.8) is 0 Å². The largest absolute Gasteiger partial charge is 0.354 e. The second kappa shape index (κ2) is 6.90. The normalized spacial score (nSPS) is 14.8. The van der Waals surface area contributed by atoms with Gasteiger partial charge in [0.05, 0.1) is 6.20 Å². The summed E-state index contributed by atoms with van der Waals surface area (Å²) in [5, 5.41) is 11.0. The molecule has 1 atom stereocenters. The first kappa shape index (κ1) is 17.3. The Labute approximate surface area is 157 Å². The molecule has 27 heavy (non-hydrogen) atoms. The number of rotatable bonds is 4. The Morgan fingerprint density at radius 3 is 2.96 bits per heavy atom. The first-order chi connectivity index (χ1) is 13.0. The Bertz CT molecular complexity index is 1000. The van der Waals surface area contributed by atoms with Gasteiger partial charge in [0.2, 0.25) is 5.91 Å². The van der Waals surface area contributed by atoms with Crippen molar-refractivity contribution in [1.29, 1.82) is 0 Å². The van der Waals surface area contributed by atoms with Gasteiger partial charge < -0.3 is 15.2 Å². The number of benzene rings is 1. The van der Waals surface area contributed by atoms with Crippen LogP contribution in [0.5, 0.6) is 0 Å². The molecule has 0 spiro atoms. The minimum Gasteiger partial charge on any atom is -0.354 e. The van der Waals surface area contributed by atoms with Gasteiger partial charge >= 0.3 is 0 Å². The van der Waals surface area contributed by atoms with E-state index >= 15 is 0 Å². The lowest BCUT2D eigenvalue weighted by molar-refractivity contribution is -0.119. The fourth-order valence-electron chi connectivity index (χ4n) is 3.85. The number of hydrogen-bond acceptors (Lipinski definition) is 3. The maximum atomic E-state index is 13.3. The summed E-state index contributed by atoms with van der Waals surface area (Å²) in [5.74, 6) is -0.0817. The third-order valence-electron chi connectivity index (χ3n) is 5.08. The van der Waals surface area contributed by atoms with E-state index in [9.17, 15) is 9.59 Å². The minimum atomic E-state index is -0.0706. The molecule has 0 bridgehead atoms. The number of aromatic amines is 2. The van der Waals surface area contributed by atoms with Gasteiger partial charge in [-0.15, -0.1) is 0 Å². The van der Waals surface area contributed by atoms with Crippen LogP contribution in [-0.2, 0) is 24.2 Å². The third-order valence-corrected chi connectivity index (χ3v) is 5.08. The first-order valence-electron chi connectivity index (χ1n) is 9.20. The van der Waals surface area contributed by atoms with Gasteiger partial charge in [-0.3, -0.25) is 14.7 Å². The highest BCUT2D eigenvalue weighted by atomic mass is 16.2. The number of nitrogens with one attached hydrogen (secondary N) is 3. The van der Waals surface area contributed by atoms with Gasteiger partial charge in [0, 0.05) is 54.6 Å². The van der Waals surface area contributed by atoms with E-state index in [-0.39, 0.29) is 17.9 Å². The second-order valence-corrected chi connectivity index (χ2v) is 7.18. The fourth-order valence-corrected chi connectivity index (χ4v) is 3.85. The summed E-state index contributed by atoms with van der Waals surface area (Å²) in [6.07, 6.45) is 3.16. The van der Waals surface area contributed by atoms with Crippen molar-refractivity contribution >= 4 is 22.7 Å². The van der Waals surface area contributed by atoms with Crippen molar-refractivity contribution in [1.82, 2.24) is 25.4 Å². The quantitative estimate of drug-likeness (QED) is 0.661. The molecule has 0 saturated carbocycles. The summed E-state index contributed by atoms with van der Waals surface area (Å²) in [6, 6.07) is 7.85. The van der Waals surface area contributed by atoms with Gasteiger partial charge in [0.1, 0.15) is 5.69 Å². The minimum absolute atomic E-state index is 0.0110. The van der Waals surface area contributed by atoms with Crippen molar-refractivity contribution in [3.8, 4) is 0 Å². The monoisotopic (exact) mass is 365 g/mol. The summed E-state index contributed by atoms with van der Waals surface area (Å²) in [4.78, 5) is 29.9. The van der Waals surface area contributed by atoms with E-state index in [1.807, 2.05) is 36.1 Å². The molecule has 2 amide bonds. The molecule has 1 aromatic carbocycles. The standard InChI is InChI=1S/C20H23N5O2/c1-12(22-13(2)26)9-16-15-5-3-4-6-18(15)23-19(16)20(27)25-8-7-17-14(11-25)10-21-24-17/h3-6,10,12,23H,7-9,11H2,1-2H3,(H,21,24)(H,22,26)/t12-/m0/s1. The highest BCUT2D eigenvalue weighted by Crippen LogP contribution is 2.26. The molecule has 0 aliphatic carbocycles. The van der Waals surface area contributed by atoms with Gasteiger partial charge in [-0.2, -0.15) is 5.10 Å². The topological polar surface area (TPSA) is 93.9 Å². The molecule has 0 radical (unpaired) electrons. The van der Waals surface area contributed by atoms with Crippen LogP contribution in [-0.4, -0.2) is 44.5 Å². The predicted molar refractivity (Wildman–Crippen MR) is 102 cm³/mol. The van der Waals surface area contributed by atoms with Gasteiger partial charge in [0.15, 0.2) is 0 Å². The third kappa shape index (κ3) is 3.32. The summed E-state index contributed by atoms with van der Waals surface area (Å²) >= 11 is 0. The van der Waals surface area contributed by atoms with E-state index in [4.69, 9.17) is 0 Å². The number of amides is 2. The lowest BCUT2D eigenvalue weighted by Crippen LogP contribution is -2.37. The Hall–Kier alpha value is -3.09. The molecule has 3 heterocycles. The van der Waals surface area contributed by atoms with E-state index in [1.165, 1.54) is 6.92 Å². The van der Waals surface area contributed by atoms with Gasteiger partial charge in [-0.25, -0.2) is 0 Å². The average molecular weight is 365 g/mol. The van der Waals surface area contributed by atoms with Gasteiger partial charge in [-0.1, -0.05) is 18.2 Å². The average Bonchev–Trinajstić information content (AvgIpc) is 3.24. The molecule has 0 unspecified atom stereocenters. The summed E-state index contributed by atoms with van der Waals surface area (Å²) in [5.41, 5.74) is 4.68. The van der Waals surface area contributed by atoms with Crippen molar-refractivity contribution < 1.29 is 9.59 Å². The molecule has 7 nitrogen and oxygen atoms in total. The second-order valence-electron chi connectivity index (χ2n) is 7.18. The summed E-state index contributed by atoms with van der Waals surface area (Å²) in [7, 11) is 0. The first-order valence-corrected chi connectivity index (χ1v) is 9.20. The van der Waals surface area contributed by atoms with Crippen LogP contribution in [0.25, 0.3) is 10.9 Å². The highest BCUT2D eigenvalue weighted by Gasteiger charge is 2.27. The number of H-pyrrole nitrogens is 2. The summed E-state index contributed by atoms with van der Waals surface area (Å²) in [6.45, 7) is 4.68. The van der Waals surface area contributed by atoms with Crippen LogP contribution in [0.1, 0.15) is 41.2 Å². The zero-order valence-electron chi connectivity index (χ0n) is 15.5. The molecule has 0 fully saturated rings. The van der Waals surface area contributed by atoms with E-state index in [1.54, 1.807) is 6.20 Å². The van der Waals surface area contributed by atoms with Crippen molar-refractivity contribution in [2.24, 2.45) is 0 Å². The summed E-state index contributed by atoms with van der Waals surface area (Å²) < 4.78 is 0. The molecule has 0 saturated heterocycles. The Kier molecular flexibility index (Phi) is 4.43. The highest BCUT2D eigenvalue weighted by molar-refractivity contribution is 6.01. The molecule has 1 aliphatic heterocycles. The molecular formula is C20H23N5O2. The van der Waals surface area contributed by atoms with Crippen LogP contribution in [0.3, 0.4) is 0 Å². The number of hydrogen-bond donors (Lipinski definition) is 3. The molecule has 3 aromatic rings. The van der Waals surface area contributed by atoms with Crippen LogP contribution in [0, 0.1) is 0 Å². The molecule has 140 valence electrons. The zero-order chi connectivity index (χ0) is 19.0. The maximum Gasteiger partial charge on any atom is 0.270 e. The van der Waals surface area contributed by atoms with E-state index in [0.29, 0.717) is 25.2 Å². The number of aromatic nitrogens is 3. The number of para-hydroxylation sites is 1. The van der Waals surface area contributed by atoms with Gasteiger partial charge in [0.25, 0.3) is 5.91 Å². The van der Waals surface area contributed by atoms with E-state index in [2.05, 4.69) is 20.5 Å². The Balaban J connectivity index is 1.67. The van der Waals surface area contributed by atoms with Crippen LogP contribution >= 0.6 is 0 Å². The van der Waals surface area contributed by atoms with Crippen LogP contribution in [0.2, 0.25) is 0 Å². The van der Waals surface area contributed by atoms with E-state index < -0.39 is 0 Å². The van der Waals surface area contributed by atoms with Gasteiger partial charge in [-0.05, 0) is 25.0 Å². The molecule has 1 aliphatic rings. The molecule has 7 heteroatoms. The maximum absolute atomic E-state index is 13.3. The molecular weight excluding hydrogens is 342 g/mol. The van der Waals surface area contributed by atoms with Crippen LogP contribution in [0.15, 0.2) is 30.5 Å². The lowest BCUT2D eigenvalue weighted by Gasteiger charge is -2.26. The Morgan fingerprint density at radius 2 is 2.15 bits per heavy atom. The fraction of sp³-hybridized carbons (Fsp3) is 0.350. The molecule has 2 aromatic heterocycles. The van der Waals surface area contributed by atoms with Crippen molar-refractivity contribution in [3.05, 3.63) is 53.0 Å². The SMILES string of the molecule is CC(=O)N[C@@H](C)Cc1c(C(=O)N2CCc3[nH]ncc3C2)[nH]c2ccccc12. The molecule has 4 rings (SSSR count). The van der Waals surface area contributed by atoms with Crippen molar-refractivity contribution in [2.75, 3.05) is 6.54 Å². The van der Waals surface area contributed by atoms with E-state index in [0.717, 1.165) is 34.1 Å². The number of carbonyl (C=O) groups excluding carboxylic acids is 2.